The molecule has 0 aliphatic carbocycles. The summed E-state index contributed by atoms with van der Waals surface area (Å²) in [6, 6.07) is 0. The third-order valence-corrected chi connectivity index (χ3v) is 2.88. The van der Waals surface area contributed by atoms with Gasteiger partial charge in [0.2, 0.25) is 0 Å². The number of aliphatic carboxylic acids is 1. The minimum absolute atomic E-state index is 0.0390. The third-order valence-electron chi connectivity index (χ3n) is 2.10. The van der Waals surface area contributed by atoms with E-state index in [2.05, 4.69) is 4.98 Å². The van der Waals surface area contributed by atoms with Crippen LogP contribution in [0.15, 0.2) is 5.38 Å². The molecule has 0 aliphatic heterocycles. The number of hydrogen-bond donors (Lipinski definition) is 1. The van der Waals surface area contributed by atoms with Crippen LogP contribution in [0.5, 0.6) is 0 Å². The van der Waals surface area contributed by atoms with Crippen LogP contribution in [0.1, 0.15) is 28.8 Å². The summed E-state index contributed by atoms with van der Waals surface area (Å²) in [5.41, 5.74) is 0.398. The number of carboxylic acids is 1. The van der Waals surface area contributed by atoms with Gasteiger partial charge in [0, 0.05) is 18.5 Å². The quantitative estimate of drug-likeness (QED) is 0.847. The molecule has 6 heteroatoms. The van der Waals surface area contributed by atoms with E-state index in [0.29, 0.717) is 12.2 Å². The number of amides is 1. The van der Waals surface area contributed by atoms with Crippen LogP contribution in [-0.4, -0.2) is 40.0 Å². The van der Waals surface area contributed by atoms with Gasteiger partial charge in [0.05, 0.1) is 11.4 Å². The number of thiazole rings is 1. The fraction of sp³-hybridized carbons (Fsp3) is 0.500. The average molecular weight is 242 g/mol. The lowest BCUT2D eigenvalue weighted by Crippen LogP contribution is -2.33. The topological polar surface area (TPSA) is 70.5 Å². The molecule has 1 rings (SSSR count). The Morgan fingerprint density at radius 1 is 1.56 bits per heavy atom. The number of nitrogens with zero attached hydrogens (tertiary/aromatic N) is 2. The van der Waals surface area contributed by atoms with Crippen molar-refractivity contribution in [3.63, 3.8) is 0 Å². The number of carboxylic acid groups (broad SMARTS) is 1. The van der Waals surface area contributed by atoms with Gasteiger partial charge in [-0.3, -0.25) is 9.59 Å². The highest BCUT2D eigenvalue weighted by Gasteiger charge is 2.17. The molecule has 0 unspecified atom stereocenters. The zero-order chi connectivity index (χ0) is 12.1. The highest BCUT2D eigenvalue weighted by Crippen LogP contribution is 2.10. The Morgan fingerprint density at radius 2 is 2.25 bits per heavy atom. The molecule has 0 spiro atoms. The molecule has 0 aromatic carbocycles. The molecular formula is C10H14N2O3S. The van der Waals surface area contributed by atoms with Gasteiger partial charge in [-0.15, -0.1) is 11.3 Å². The fourth-order valence-corrected chi connectivity index (χ4v) is 1.84. The molecule has 88 valence electrons. The van der Waals surface area contributed by atoms with Gasteiger partial charge in [-0.2, -0.15) is 0 Å². The van der Waals surface area contributed by atoms with E-state index in [0.717, 1.165) is 5.01 Å². The lowest BCUT2D eigenvalue weighted by Gasteiger charge is -2.18. The molecule has 16 heavy (non-hydrogen) atoms. The fourth-order valence-electron chi connectivity index (χ4n) is 1.26. The second-order valence-electron chi connectivity index (χ2n) is 3.28. The van der Waals surface area contributed by atoms with E-state index >= 15 is 0 Å². The summed E-state index contributed by atoms with van der Waals surface area (Å²) in [6.45, 7) is 4.36. The minimum atomic E-state index is -0.902. The molecule has 0 fully saturated rings. The van der Waals surface area contributed by atoms with E-state index in [1.54, 1.807) is 5.38 Å². The molecule has 0 radical (unpaired) electrons. The first-order valence-corrected chi connectivity index (χ1v) is 5.85. The molecule has 0 saturated heterocycles. The summed E-state index contributed by atoms with van der Waals surface area (Å²) in [4.78, 5) is 27.9. The number of hydrogen-bond acceptors (Lipinski definition) is 4. The first-order valence-electron chi connectivity index (χ1n) is 4.97. The van der Waals surface area contributed by atoms with Gasteiger partial charge in [0.25, 0.3) is 5.91 Å². The summed E-state index contributed by atoms with van der Waals surface area (Å²) >= 11 is 1.41. The van der Waals surface area contributed by atoms with E-state index in [1.807, 2.05) is 13.8 Å². The summed E-state index contributed by atoms with van der Waals surface area (Å²) in [7, 11) is 0. The standard InChI is InChI=1S/C10H14N2O3S/c1-3-12(5-4-9(13)14)10(15)8-6-16-7(2)11-8/h6H,3-5H2,1-2H3,(H,13,14). The molecule has 0 atom stereocenters. The van der Waals surface area contributed by atoms with Crippen LogP contribution in [0.3, 0.4) is 0 Å². The maximum Gasteiger partial charge on any atom is 0.305 e. The summed E-state index contributed by atoms with van der Waals surface area (Å²) in [5, 5.41) is 11.1. The SMILES string of the molecule is CCN(CCC(=O)O)C(=O)c1csc(C)n1. The largest absolute Gasteiger partial charge is 0.481 e. The predicted molar refractivity (Wildman–Crippen MR) is 60.7 cm³/mol. The molecule has 1 aromatic heterocycles. The van der Waals surface area contributed by atoms with Gasteiger partial charge in [0.1, 0.15) is 5.69 Å². The van der Waals surface area contributed by atoms with Crippen LogP contribution in [-0.2, 0) is 4.79 Å². The van der Waals surface area contributed by atoms with Crippen molar-refractivity contribution in [3.05, 3.63) is 16.1 Å². The van der Waals surface area contributed by atoms with Crippen LogP contribution >= 0.6 is 11.3 Å². The van der Waals surface area contributed by atoms with Crippen molar-refractivity contribution < 1.29 is 14.7 Å². The van der Waals surface area contributed by atoms with E-state index < -0.39 is 5.97 Å². The molecular weight excluding hydrogens is 228 g/mol. The molecule has 1 aromatic rings. The average Bonchev–Trinajstić information content (AvgIpc) is 2.65. The summed E-state index contributed by atoms with van der Waals surface area (Å²) in [5.74, 6) is -1.10. The zero-order valence-corrected chi connectivity index (χ0v) is 10.1. The second kappa shape index (κ2) is 5.60. The molecule has 1 amide bonds. The van der Waals surface area contributed by atoms with E-state index in [1.165, 1.54) is 16.2 Å². The Morgan fingerprint density at radius 3 is 2.69 bits per heavy atom. The normalized spacial score (nSPS) is 10.1. The van der Waals surface area contributed by atoms with Crippen molar-refractivity contribution in [2.75, 3.05) is 13.1 Å². The zero-order valence-electron chi connectivity index (χ0n) is 9.27. The molecule has 1 N–H and O–H groups in total. The number of rotatable bonds is 5. The smallest absolute Gasteiger partial charge is 0.305 e. The Hall–Kier alpha value is -1.43. The lowest BCUT2D eigenvalue weighted by atomic mass is 10.3. The predicted octanol–water partition coefficient (Wildman–Crippen LogP) is 1.39. The monoisotopic (exact) mass is 242 g/mol. The molecule has 5 nitrogen and oxygen atoms in total. The van der Waals surface area contributed by atoms with Gasteiger partial charge in [-0.25, -0.2) is 4.98 Å². The van der Waals surface area contributed by atoms with Crippen molar-refractivity contribution in [1.82, 2.24) is 9.88 Å². The maximum absolute atomic E-state index is 11.9. The highest BCUT2D eigenvalue weighted by molar-refractivity contribution is 7.09. The molecule has 0 bridgehead atoms. The second-order valence-corrected chi connectivity index (χ2v) is 4.34. The number of carbonyl (C=O) groups excluding carboxylic acids is 1. The van der Waals surface area contributed by atoms with Crippen LogP contribution in [0.4, 0.5) is 0 Å². The molecule has 1 heterocycles. The van der Waals surface area contributed by atoms with Crippen molar-refractivity contribution >= 4 is 23.2 Å². The Kier molecular flexibility index (Phi) is 4.42. The van der Waals surface area contributed by atoms with E-state index in [9.17, 15) is 9.59 Å². The Labute approximate surface area is 97.7 Å². The molecule has 0 saturated carbocycles. The first-order chi connectivity index (χ1) is 7.54. The summed E-state index contributed by atoms with van der Waals surface area (Å²) < 4.78 is 0. The van der Waals surface area contributed by atoms with Crippen LogP contribution < -0.4 is 0 Å². The van der Waals surface area contributed by atoms with Gasteiger partial charge >= 0.3 is 5.97 Å². The Balaban J connectivity index is 2.66. The van der Waals surface area contributed by atoms with Crippen LogP contribution in [0.25, 0.3) is 0 Å². The van der Waals surface area contributed by atoms with Gasteiger partial charge < -0.3 is 10.0 Å². The lowest BCUT2D eigenvalue weighted by molar-refractivity contribution is -0.137. The van der Waals surface area contributed by atoms with Gasteiger partial charge in [-0.05, 0) is 13.8 Å². The third kappa shape index (κ3) is 3.30. The molecule has 0 aliphatic rings. The minimum Gasteiger partial charge on any atom is -0.481 e. The van der Waals surface area contributed by atoms with Crippen LogP contribution in [0, 0.1) is 6.92 Å². The van der Waals surface area contributed by atoms with Crippen molar-refractivity contribution in [3.8, 4) is 0 Å². The Bertz CT molecular complexity index is 389. The number of carbonyl (C=O) groups is 2. The van der Waals surface area contributed by atoms with Crippen molar-refractivity contribution in [2.24, 2.45) is 0 Å². The highest BCUT2D eigenvalue weighted by atomic mass is 32.1. The van der Waals surface area contributed by atoms with Gasteiger partial charge in [-0.1, -0.05) is 0 Å². The van der Waals surface area contributed by atoms with E-state index in [-0.39, 0.29) is 18.9 Å². The van der Waals surface area contributed by atoms with Crippen LogP contribution in [0.2, 0.25) is 0 Å². The van der Waals surface area contributed by atoms with E-state index in [4.69, 9.17) is 5.11 Å². The van der Waals surface area contributed by atoms with Gasteiger partial charge in [0.15, 0.2) is 0 Å². The summed E-state index contributed by atoms with van der Waals surface area (Å²) in [6.07, 6.45) is -0.0390. The number of aryl methyl sites for hydroxylation is 1. The maximum atomic E-state index is 11.9. The van der Waals surface area contributed by atoms with Crippen molar-refractivity contribution in [1.29, 1.82) is 0 Å². The number of aromatic nitrogens is 1. The van der Waals surface area contributed by atoms with Crippen molar-refractivity contribution in [2.45, 2.75) is 20.3 Å². The first kappa shape index (κ1) is 12.6.